The fourth-order valence-corrected chi connectivity index (χ4v) is 1.67. The van der Waals surface area contributed by atoms with Gasteiger partial charge in [0.15, 0.2) is 5.78 Å². The zero-order valence-corrected chi connectivity index (χ0v) is 10.1. The molecule has 88 valence electrons. The lowest BCUT2D eigenvalue weighted by Crippen LogP contribution is -2.22. The van der Waals surface area contributed by atoms with E-state index in [-0.39, 0.29) is 5.78 Å². The lowest BCUT2D eigenvalue weighted by atomic mass is 10.1. The Balaban J connectivity index is 2.86. The first-order valence-corrected chi connectivity index (χ1v) is 5.67. The molecule has 3 heteroatoms. The van der Waals surface area contributed by atoms with Crippen LogP contribution < -0.4 is 4.90 Å². The van der Waals surface area contributed by atoms with Crippen LogP contribution in [0.1, 0.15) is 31.1 Å². The molecule has 3 nitrogen and oxygen atoms in total. The highest BCUT2D eigenvalue weighted by molar-refractivity contribution is 5.99. The number of aliphatic hydroxyl groups excluding tert-OH is 1. The summed E-state index contributed by atoms with van der Waals surface area (Å²) in [6, 6.07) is 7.37. The maximum absolute atomic E-state index is 11.5. The first-order valence-electron chi connectivity index (χ1n) is 5.67. The van der Waals surface area contributed by atoms with Crippen LogP contribution in [-0.2, 0) is 0 Å². The van der Waals surface area contributed by atoms with Crippen LogP contribution in [0.3, 0.4) is 0 Å². The predicted octanol–water partition coefficient (Wildman–Crippen LogP) is 2.10. The third-order valence-corrected chi connectivity index (χ3v) is 2.66. The van der Waals surface area contributed by atoms with Crippen molar-refractivity contribution >= 4 is 11.5 Å². The molecule has 0 heterocycles. The van der Waals surface area contributed by atoms with Crippen LogP contribution in [0.25, 0.3) is 0 Å². The van der Waals surface area contributed by atoms with Crippen LogP contribution in [0.5, 0.6) is 0 Å². The number of aliphatic hydroxyl groups is 1. The van der Waals surface area contributed by atoms with Crippen LogP contribution in [0.4, 0.5) is 5.69 Å². The van der Waals surface area contributed by atoms with E-state index in [4.69, 9.17) is 0 Å². The normalized spacial score (nSPS) is 12.2. The Kier molecular flexibility index (Phi) is 4.50. The summed E-state index contributed by atoms with van der Waals surface area (Å²) in [5.41, 5.74) is 1.66. The third kappa shape index (κ3) is 2.83. The van der Waals surface area contributed by atoms with Crippen molar-refractivity contribution in [2.75, 3.05) is 18.0 Å². The van der Waals surface area contributed by atoms with E-state index < -0.39 is 6.10 Å². The summed E-state index contributed by atoms with van der Waals surface area (Å²) in [5.74, 6) is -0.230. The summed E-state index contributed by atoms with van der Waals surface area (Å²) in [7, 11) is 0. The number of benzene rings is 1. The highest BCUT2D eigenvalue weighted by Gasteiger charge is 2.11. The SMILES string of the molecule is CCN(CC)c1ccc(C(=O)C(C)O)cc1. The molecule has 0 fully saturated rings. The van der Waals surface area contributed by atoms with E-state index >= 15 is 0 Å². The minimum Gasteiger partial charge on any atom is -0.385 e. The van der Waals surface area contributed by atoms with Gasteiger partial charge in [0.2, 0.25) is 0 Å². The number of hydrogen-bond acceptors (Lipinski definition) is 3. The van der Waals surface area contributed by atoms with Gasteiger partial charge in [-0.3, -0.25) is 4.79 Å². The van der Waals surface area contributed by atoms with Gasteiger partial charge in [0.05, 0.1) is 0 Å². The van der Waals surface area contributed by atoms with Crippen molar-refractivity contribution in [1.82, 2.24) is 0 Å². The molecule has 0 spiro atoms. The Morgan fingerprint density at radius 3 is 2.12 bits per heavy atom. The summed E-state index contributed by atoms with van der Waals surface area (Å²) in [6.07, 6.45) is -0.931. The first-order chi connectivity index (χ1) is 7.60. The van der Waals surface area contributed by atoms with Gasteiger partial charge in [0, 0.05) is 24.3 Å². The second-order valence-corrected chi connectivity index (χ2v) is 3.76. The van der Waals surface area contributed by atoms with Crippen molar-refractivity contribution in [3.63, 3.8) is 0 Å². The average Bonchev–Trinajstić information content (AvgIpc) is 2.30. The van der Waals surface area contributed by atoms with Crippen LogP contribution in [-0.4, -0.2) is 30.1 Å². The molecule has 1 aromatic rings. The Hall–Kier alpha value is -1.35. The van der Waals surface area contributed by atoms with Gasteiger partial charge in [-0.2, -0.15) is 0 Å². The zero-order valence-electron chi connectivity index (χ0n) is 10.1. The summed E-state index contributed by atoms with van der Waals surface area (Å²) in [4.78, 5) is 13.7. The molecule has 1 unspecified atom stereocenters. The van der Waals surface area contributed by atoms with Gasteiger partial charge in [-0.1, -0.05) is 0 Å². The highest BCUT2D eigenvalue weighted by atomic mass is 16.3. The summed E-state index contributed by atoms with van der Waals surface area (Å²) in [5, 5.41) is 9.19. The number of ketones is 1. The number of carbonyl (C=O) groups excluding carboxylic acids is 1. The molecule has 0 saturated heterocycles. The first kappa shape index (κ1) is 12.7. The Labute approximate surface area is 96.7 Å². The summed E-state index contributed by atoms with van der Waals surface area (Å²) < 4.78 is 0. The van der Waals surface area contributed by atoms with E-state index in [0.717, 1.165) is 18.8 Å². The van der Waals surface area contributed by atoms with Crippen molar-refractivity contribution in [3.05, 3.63) is 29.8 Å². The lowest BCUT2D eigenvalue weighted by Gasteiger charge is -2.21. The monoisotopic (exact) mass is 221 g/mol. The van der Waals surface area contributed by atoms with E-state index in [0.29, 0.717) is 5.56 Å². The number of hydrogen-bond donors (Lipinski definition) is 1. The Morgan fingerprint density at radius 2 is 1.75 bits per heavy atom. The number of Topliss-reactive ketones (excluding diaryl/α,β-unsaturated/α-hetero) is 1. The molecule has 1 N–H and O–H groups in total. The molecular weight excluding hydrogens is 202 g/mol. The number of nitrogens with zero attached hydrogens (tertiary/aromatic N) is 1. The van der Waals surface area contributed by atoms with Gasteiger partial charge in [-0.25, -0.2) is 0 Å². The Morgan fingerprint density at radius 1 is 1.25 bits per heavy atom. The third-order valence-electron chi connectivity index (χ3n) is 2.66. The minimum atomic E-state index is -0.931. The van der Waals surface area contributed by atoms with Crippen molar-refractivity contribution in [3.8, 4) is 0 Å². The molecule has 0 aliphatic carbocycles. The zero-order chi connectivity index (χ0) is 12.1. The minimum absolute atomic E-state index is 0.230. The molecule has 0 bridgehead atoms. The maximum Gasteiger partial charge on any atom is 0.190 e. The number of rotatable bonds is 5. The summed E-state index contributed by atoms with van der Waals surface area (Å²) in [6.45, 7) is 7.57. The van der Waals surface area contributed by atoms with Crippen LogP contribution in [0.15, 0.2) is 24.3 Å². The number of carbonyl (C=O) groups is 1. The molecule has 1 rings (SSSR count). The Bertz CT molecular complexity index is 339. The van der Waals surface area contributed by atoms with Crippen molar-refractivity contribution in [2.24, 2.45) is 0 Å². The molecule has 0 aromatic heterocycles. The predicted molar refractivity (Wildman–Crippen MR) is 66.0 cm³/mol. The number of anilines is 1. The standard InChI is InChI=1S/C13H19NO2/c1-4-14(5-2)12-8-6-11(7-9-12)13(16)10(3)15/h6-10,15H,4-5H2,1-3H3. The van der Waals surface area contributed by atoms with Crippen LogP contribution in [0.2, 0.25) is 0 Å². The molecule has 1 atom stereocenters. The van der Waals surface area contributed by atoms with E-state index in [2.05, 4.69) is 18.7 Å². The maximum atomic E-state index is 11.5. The topological polar surface area (TPSA) is 40.5 Å². The van der Waals surface area contributed by atoms with E-state index in [9.17, 15) is 9.90 Å². The fourth-order valence-electron chi connectivity index (χ4n) is 1.67. The lowest BCUT2D eigenvalue weighted by molar-refractivity contribution is 0.0779. The second kappa shape index (κ2) is 5.66. The van der Waals surface area contributed by atoms with E-state index in [1.54, 1.807) is 12.1 Å². The van der Waals surface area contributed by atoms with E-state index in [1.165, 1.54) is 6.92 Å². The molecule has 0 saturated carbocycles. The summed E-state index contributed by atoms with van der Waals surface area (Å²) >= 11 is 0. The van der Waals surface area contributed by atoms with Gasteiger partial charge < -0.3 is 10.0 Å². The molecule has 0 aliphatic rings. The average molecular weight is 221 g/mol. The second-order valence-electron chi connectivity index (χ2n) is 3.76. The van der Waals surface area contributed by atoms with Crippen molar-refractivity contribution in [1.29, 1.82) is 0 Å². The van der Waals surface area contributed by atoms with Gasteiger partial charge in [0.25, 0.3) is 0 Å². The van der Waals surface area contributed by atoms with Crippen LogP contribution >= 0.6 is 0 Å². The van der Waals surface area contributed by atoms with Gasteiger partial charge in [0.1, 0.15) is 6.10 Å². The molecule has 16 heavy (non-hydrogen) atoms. The molecular formula is C13H19NO2. The molecule has 1 aromatic carbocycles. The van der Waals surface area contributed by atoms with Crippen LogP contribution in [0, 0.1) is 0 Å². The van der Waals surface area contributed by atoms with Crippen molar-refractivity contribution < 1.29 is 9.90 Å². The van der Waals surface area contributed by atoms with Crippen molar-refractivity contribution in [2.45, 2.75) is 26.9 Å². The highest BCUT2D eigenvalue weighted by Crippen LogP contribution is 2.15. The molecule has 0 aliphatic heterocycles. The quantitative estimate of drug-likeness (QED) is 0.774. The molecule has 0 amide bonds. The van der Waals surface area contributed by atoms with E-state index in [1.807, 2.05) is 12.1 Å². The molecule has 0 radical (unpaired) electrons. The van der Waals surface area contributed by atoms with Gasteiger partial charge in [-0.15, -0.1) is 0 Å². The van der Waals surface area contributed by atoms with Gasteiger partial charge in [-0.05, 0) is 45.0 Å². The largest absolute Gasteiger partial charge is 0.385 e. The smallest absolute Gasteiger partial charge is 0.190 e. The van der Waals surface area contributed by atoms with Gasteiger partial charge >= 0.3 is 0 Å². The fraction of sp³-hybridized carbons (Fsp3) is 0.462.